The van der Waals surface area contributed by atoms with Crippen molar-refractivity contribution in [1.82, 2.24) is 9.55 Å². The maximum absolute atomic E-state index is 4.63. The van der Waals surface area contributed by atoms with Gasteiger partial charge in [0.2, 0.25) is 5.95 Å². The third kappa shape index (κ3) is 3.76. The van der Waals surface area contributed by atoms with Crippen molar-refractivity contribution >= 4 is 5.95 Å². The first-order valence-corrected chi connectivity index (χ1v) is 7.53. The molecule has 0 radical (unpaired) electrons. The van der Waals surface area contributed by atoms with Gasteiger partial charge in [-0.25, -0.2) is 4.98 Å². The molecule has 0 aliphatic heterocycles. The van der Waals surface area contributed by atoms with Gasteiger partial charge in [0.25, 0.3) is 0 Å². The van der Waals surface area contributed by atoms with Crippen molar-refractivity contribution in [3.63, 3.8) is 0 Å². The van der Waals surface area contributed by atoms with Crippen molar-refractivity contribution in [1.29, 1.82) is 0 Å². The Hall–Kier alpha value is -0.990. The molecule has 1 aliphatic rings. The molecule has 3 nitrogen and oxygen atoms in total. The van der Waals surface area contributed by atoms with Gasteiger partial charge in [-0.2, -0.15) is 0 Å². The van der Waals surface area contributed by atoms with Crippen molar-refractivity contribution in [3.8, 4) is 0 Å². The molecule has 0 saturated heterocycles. The summed E-state index contributed by atoms with van der Waals surface area (Å²) in [5.41, 5.74) is 1.12. The average molecular weight is 249 g/mol. The first kappa shape index (κ1) is 13.4. The van der Waals surface area contributed by atoms with Crippen LogP contribution in [0, 0.1) is 12.8 Å². The average Bonchev–Trinajstić information content (AvgIpc) is 3.10. The summed E-state index contributed by atoms with van der Waals surface area (Å²) in [7, 11) is 0. The summed E-state index contributed by atoms with van der Waals surface area (Å²) in [4.78, 5) is 4.63. The Morgan fingerprint density at radius 2 is 2.22 bits per heavy atom. The maximum atomic E-state index is 4.63. The van der Waals surface area contributed by atoms with Gasteiger partial charge in [-0.05, 0) is 32.1 Å². The number of rotatable bonds is 8. The number of aryl methyl sites for hydroxylation is 2. The highest BCUT2D eigenvalue weighted by Gasteiger charge is 2.25. The molecule has 1 N–H and O–H groups in total. The Kier molecular flexibility index (Phi) is 4.67. The molecule has 3 heteroatoms. The number of aromatic nitrogens is 2. The van der Waals surface area contributed by atoms with E-state index in [1.807, 2.05) is 0 Å². The second kappa shape index (κ2) is 6.26. The van der Waals surface area contributed by atoms with Crippen LogP contribution in [0.15, 0.2) is 6.20 Å². The Morgan fingerprint density at radius 1 is 1.44 bits per heavy atom. The van der Waals surface area contributed by atoms with Crippen LogP contribution in [0.5, 0.6) is 0 Å². The first-order valence-electron chi connectivity index (χ1n) is 7.53. The summed E-state index contributed by atoms with van der Waals surface area (Å²) in [5, 5.41) is 3.65. The zero-order valence-corrected chi connectivity index (χ0v) is 12.1. The van der Waals surface area contributed by atoms with Crippen LogP contribution >= 0.6 is 0 Å². The van der Waals surface area contributed by atoms with Crippen molar-refractivity contribution in [3.05, 3.63) is 11.9 Å². The molecule has 1 aromatic rings. The summed E-state index contributed by atoms with van der Waals surface area (Å²) in [5.74, 6) is 2.05. The number of anilines is 1. The molecule has 102 valence electrons. The monoisotopic (exact) mass is 249 g/mol. The van der Waals surface area contributed by atoms with E-state index in [4.69, 9.17) is 0 Å². The summed E-state index contributed by atoms with van der Waals surface area (Å²) in [6, 6.07) is 0.597. The minimum atomic E-state index is 0.597. The largest absolute Gasteiger partial charge is 0.353 e. The van der Waals surface area contributed by atoms with E-state index in [-0.39, 0.29) is 0 Å². The minimum absolute atomic E-state index is 0.597. The molecule has 1 heterocycles. The Morgan fingerprint density at radius 3 is 2.83 bits per heavy atom. The topological polar surface area (TPSA) is 29.9 Å². The molecule has 0 spiro atoms. The number of imidazole rings is 1. The third-order valence-electron chi connectivity index (χ3n) is 3.79. The van der Waals surface area contributed by atoms with Crippen LogP contribution in [0.25, 0.3) is 0 Å². The lowest BCUT2D eigenvalue weighted by Gasteiger charge is -2.18. The third-order valence-corrected chi connectivity index (χ3v) is 3.79. The zero-order chi connectivity index (χ0) is 13.0. The van der Waals surface area contributed by atoms with Crippen LogP contribution in [-0.2, 0) is 6.54 Å². The molecular formula is C15H27N3. The van der Waals surface area contributed by atoms with E-state index >= 15 is 0 Å². The fourth-order valence-corrected chi connectivity index (χ4v) is 2.43. The lowest BCUT2D eigenvalue weighted by molar-refractivity contribution is 0.569. The normalized spacial score (nSPS) is 16.8. The van der Waals surface area contributed by atoms with Gasteiger partial charge in [-0.3, -0.25) is 0 Å². The predicted molar refractivity (Wildman–Crippen MR) is 76.9 cm³/mol. The van der Waals surface area contributed by atoms with Gasteiger partial charge >= 0.3 is 0 Å². The smallest absolute Gasteiger partial charge is 0.203 e. The van der Waals surface area contributed by atoms with Gasteiger partial charge in [-0.1, -0.05) is 33.1 Å². The Labute approximate surface area is 111 Å². The number of nitrogens with one attached hydrogen (secondary N) is 1. The van der Waals surface area contributed by atoms with E-state index in [0.717, 1.165) is 24.1 Å². The molecule has 1 saturated carbocycles. The van der Waals surface area contributed by atoms with Crippen LogP contribution in [0.2, 0.25) is 0 Å². The molecule has 0 aromatic carbocycles. The van der Waals surface area contributed by atoms with E-state index in [9.17, 15) is 0 Å². The van der Waals surface area contributed by atoms with Gasteiger partial charge in [0.05, 0.1) is 5.69 Å². The van der Waals surface area contributed by atoms with E-state index in [2.05, 4.69) is 41.8 Å². The lowest BCUT2D eigenvalue weighted by Crippen LogP contribution is -2.21. The molecule has 18 heavy (non-hydrogen) atoms. The molecule has 2 rings (SSSR count). The SMILES string of the molecule is CCCCn1cc(C)nc1NC(CC)CC1CC1. The molecular weight excluding hydrogens is 222 g/mol. The highest BCUT2D eigenvalue weighted by atomic mass is 15.2. The fourth-order valence-electron chi connectivity index (χ4n) is 2.43. The quantitative estimate of drug-likeness (QED) is 0.755. The molecule has 1 aromatic heterocycles. The standard InChI is InChI=1S/C15H27N3/c1-4-6-9-18-11-12(3)16-15(18)17-14(5-2)10-13-7-8-13/h11,13-14H,4-10H2,1-3H3,(H,16,17). The summed E-state index contributed by atoms with van der Waals surface area (Å²) in [6.45, 7) is 7.67. The number of unbranched alkanes of at least 4 members (excludes halogenated alkanes) is 1. The van der Waals surface area contributed by atoms with Gasteiger partial charge < -0.3 is 9.88 Å². The van der Waals surface area contributed by atoms with Crippen LogP contribution in [0.4, 0.5) is 5.95 Å². The minimum Gasteiger partial charge on any atom is -0.353 e. The molecule has 1 atom stereocenters. The van der Waals surface area contributed by atoms with Crippen LogP contribution in [0.1, 0.15) is 58.1 Å². The molecule has 0 amide bonds. The zero-order valence-electron chi connectivity index (χ0n) is 12.1. The van der Waals surface area contributed by atoms with Gasteiger partial charge in [0.15, 0.2) is 0 Å². The van der Waals surface area contributed by atoms with Gasteiger partial charge in [0.1, 0.15) is 0 Å². The highest BCUT2D eigenvalue weighted by molar-refractivity contribution is 5.30. The lowest BCUT2D eigenvalue weighted by atomic mass is 10.1. The van der Waals surface area contributed by atoms with Crippen molar-refractivity contribution in [2.75, 3.05) is 5.32 Å². The summed E-state index contributed by atoms with van der Waals surface area (Å²) < 4.78 is 2.29. The number of hydrogen-bond acceptors (Lipinski definition) is 2. The van der Waals surface area contributed by atoms with E-state index in [1.165, 1.54) is 38.5 Å². The van der Waals surface area contributed by atoms with Crippen LogP contribution in [-0.4, -0.2) is 15.6 Å². The number of hydrogen-bond donors (Lipinski definition) is 1. The molecule has 0 bridgehead atoms. The van der Waals surface area contributed by atoms with Crippen molar-refractivity contribution < 1.29 is 0 Å². The Bertz CT molecular complexity index is 366. The maximum Gasteiger partial charge on any atom is 0.203 e. The molecule has 1 unspecified atom stereocenters. The van der Waals surface area contributed by atoms with Crippen LogP contribution < -0.4 is 5.32 Å². The van der Waals surface area contributed by atoms with Gasteiger partial charge in [0, 0.05) is 18.8 Å². The molecule has 1 fully saturated rings. The predicted octanol–water partition coefficient (Wildman–Crippen LogP) is 3.98. The summed E-state index contributed by atoms with van der Waals surface area (Å²) >= 11 is 0. The van der Waals surface area contributed by atoms with E-state index < -0.39 is 0 Å². The molecule has 1 aliphatic carbocycles. The highest BCUT2D eigenvalue weighted by Crippen LogP contribution is 2.34. The van der Waals surface area contributed by atoms with Crippen molar-refractivity contribution in [2.24, 2.45) is 5.92 Å². The first-order chi connectivity index (χ1) is 8.72. The fraction of sp³-hybridized carbons (Fsp3) is 0.800. The number of nitrogens with zero attached hydrogens (tertiary/aromatic N) is 2. The second-order valence-electron chi connectivity index (χ2n) is 5.68. The van der Waals surface area contributed by atoms with E-state index in [0.29, 0.717) is 6.04 Å². The second-order valence-corrected chi connectivity index (χ2v) is 5.68. The van der Waals surface area contributed by atoms with Crippen LogP contribution in [0.3, 0.4) is 0 Å². The van der Waals surface area contributed by atoms with Crippen molar-refractivity contribution in [2.45, 2.75) is 71.9 Å². The summed E-state index contributed by atoms with van der Waals surface area (Å²) in [6.07, 6.45) is 10.00. The Balaban J connectivity index is 1.96. The van der Waals surface area contributed by atoms with Gasteiger partial charge in [-0.15, -0.1) is 0 Å². The van der Waals surface area contributed by atoms with E-state index in [1.54, 1.807) is 0 Å².